The molecule has 0 heterocycles. The molecule has 76 valence electrons. The molecule has 1 aromatic rings. The summed E-state index contributed by atoms with van der Waals surface area (Å²) in [4.78, 5) is 0. The van der Waals surface area contributed by atoms with Gasteiger partial charge in [0.05, 0.1) is 6.10 Å². The summed E-state index contributed by atoms with van der Waals surface area (Å²) in [6.45, 7) is 2.08. The van der Waals surface area contributed by atoms with Crippen LogP contribution < -0.4 is 0 Å². The van der Waals surface area contributed by atoms with Crippen molar-refractivity contribution in [1.82, 2.24) is 0 Å². The highest BCUT2D eigenvalue weighted by molar-refractivity contribution is 5.28. The van der Waals surface area contributed by atoms with Crippen molar-refractivity contribution in [2.45, 2.75) is 38.7 Å². The number of hydrogen-bond acceptors (Lipinski definition) is 1. The van der Waals surface area contributed by atoms with Crippen molar-refractivity contribution >= 4 is 0 Å². The van der Waals surface area contributed by atoms with Crippen LogP contribution in [-0.4, -0.2) is 5.11 Å². The van der Waals surface area contributed by atoms with Crippen LogP contribution in [0.1, 0.15) is 42.9 Å². The number of hydrogen-bond donors (Lipinski definition) is 1. The van der Waals surface area contributed by atoms with Gasteiger partial charge in [0.25, 0.3) is 0 Å². The molecule has 0 bridgehead atoms. The Kier molecular flexibility index (Phi) is 2.87. The topological polar surface area (TPSA) is 20.2 Å². The number of benzene rings is 1. The van der Waals surface area contributed by atoms with Gasteiger partial charge >= 0.3 is 0 Å². The third kappa shape index (κ3) is 1.83. The Morgan fingerprint density at radius 3 is 2.50 bits per heavy atom. The van der Waals surface area contributed by atoms with E-state index in [9.17, 15) is 5.11 Å². The standard InChI is InChI=1S/C13H18O/c1-10-6-2-5-9-12(10)13(14)11-7-3-4-8-11/h2,5-6,9,11,13-14H,3-4,7-8H2,1H3. The van der Waals surface area contributed by atoms with E-state index in [-0.39, 0.29) is 6.10 Å². The zero-order valence-corrected chi connectivity index (χ0v) is 8.74. The van der Waals surface area contributed by atoms with Gasteiger partial charge < -0.3 is 5.11 Å². The van der Waals surface area contributed by atoms with E-state index in [0.717, 1.165) is 5.56 Å². The van der Waals surface area contributed by atoms with Gasteiger partial charge in [0, 0.05) is 0 Å². The molecule has 0 radical (unpaired) electrons. The monoisotopic (exact) mass is 190 g/mol. The van der Waals surface area contributed by atoms with Gasteiger partial charge in [-0.1, -0.05) is 37.1 Å². The molecule has 14 heavy (non-hydrogen) atoms. The summed E-state index contributed by atoms with van der Waals surface area (Å²) < 4.78 is 0. The summed E-state index contributed by atoms with van der Waals surface area (Å²) in [6.07, 6.45) is 4.71. The third-order valence-electron chi connectivity index (χ3n) is 3.35. The zero-order chi connectivity index (χ0) is 9.97. The lowest BCUT2D eigenvalue weighted by Crippen LogP contribution is -2.10. The van der Waals surface area contributed by atoms with Crippen LogP contribution in [0, 0.1) is 12.8 Å². The van der Waals surface area contributed by atoms with Crippen LogP contribution in [-0.2, 0) is 0 Å². The number of aryl methyl sites for hydroxylation is 1. The third-order valence-corrected chi connectivity index (χ3v) is 3.35. The Balaban J connectivity index is 2.17. The van der Waals surface area contributed by atoms with Crippen LogP contribution in [0.4, 0.5) is 0 Å². The molecule has 1 aliphatic rings. The van der Waals surface area contributed by atoms with Gasteiger partial charge in [0.1, 0.15) is 0 Å². The minimum Gasteiger partial charge on any atom is -0.388 e. The number of aliphatic hydroxyl groups excluding tert-OH is 1. The van der Waals surface area contributed by atoms with Crippen LogP contribution in [0.2, 0.25) is 0 Å². The molecule has 1 saturated carbocycles. The Bertz CT molecular complexity index is 300. The molecule has 1 atom stereocenters. The van der Waals surface area contributed by atoms with Gasteiger partial charge in [-0.25, -0.2) is 0 Å². The molecule has 0 spiro atoms. The Hall–Kier alpha value is -0.820. The normalized spacial score (nSPS) is 19.9. The molecule has 1 nitrogen and oxygen atoms in total. The van der Waals surface area contributed by atoms with Crippen LogP contribution >= 0.6 is 0 Å². The van der Waals surface area contributed by atoms with Gasteiger partial charge in [0.15, 0.2) is 0 Å². The molecular formula is C13H18O. The van der Waals surface area contributed by atoms with E-state index < -0.39 is 0 Å². The maximum absolute atomic E-state index is 10.2. The lowest BCUT2D eigenvalue weighted by atomic mass is 9.92. The highest BCUT2D eigenvalue weighted by Gasteiger charge is 2.24. The first-order valence-corrected chi connectivity index (χ1v) is 5.52. The van der Waals surface area contributed by atoms with Crippen molar-refractivity contribution in [3.05, 3.63) is 35.4 Å². The zero-order valence-electron chi connectivity index (χ0n) is 8.74. The molecule has 1 aliphatic carbocycles. The highest BCUT2D eigenvalue weighted by atomic mass is 16.3. The van der Waals surface area contributed by atoms with E-state index in [1.54, 1.807) is 0 Å². The van der Waals surface area contributed by atoms with Crippen LogP contribution in [0.15, 0.2) is 24.3 Å². The minimum absolute atomic E-state index is 0.237. The summed E-state index contributed by atoms with van der Waals surface area (Å²) in [5.74, 6) is 0.496. The Morgan fingerprint density at radius 1 is 1.21 bits per heavy atom. The van der Waals surface area contributed by atoms with Crippen molar-refractivity contribution in [3.63, 3.8) is 0 Å². The van der Waals surface area contributed by atoms with Crippen molar-refractivity contribution in [3.8, 4) is 0 Å². The predicted octanol–water partition coefficient (Wildman–Crippen LogP) is 3.22. The average molecular weight is 190 g/mol. The largest absolute Gasteiger partial charge is 0.388 e. The Morgan fingerprint density at radius 2 is 1.86 bits per heavy atom. The maximum atomic E-state index is 10.2. The molecule has 0 aliphatic heterocycles. The van der Waals surface area contributed by atoms with E-state index in [4.69, 9.17) is 0 Å². The fourth-order valence-electron chi connectivity index (χ4n) is 2.45. The first kappa shape index (κ1) is 9.72. The predicted molar refractivity (Wildman–Crippen MR) is 58.1 cm³/mol. The smallest absolute Gasteiger partial charge is 0.0820 e. The molecule has 1 aromatic carbocycles. The summed E-state index contributed by atoms with van der Waals surface area (Å²) in [5, 5.41) is 10.2. The maximum Gasteiger partial charge on any atom is 0.0820 e. The molecule has 0 saturated heterocycles. The summed E-state index contributed by atoms with van der Waals surface area (Å²) >= 11 is 0. The Labute approximate surface area is 85.8 Å². The molecule has 1 fully saturated rings. The van der Waals surface area contributed by atoms with E-state index >= 15 is 0 Å². The second-order valence-corrected chi connectivity index (χ2v) is 4.35. The van der Waals surface area contributed by atoms with Crippen molar-refractivity contribution in [2.24, 2.45) is 5.92 Å². The van der Waals surface area contributed by atoms with Crippen LogP contribution in [0.25, 0.3) is 0 Å². The fourth-order valence-corrected chi connectivity index (χ4v) is 2.45. The lowest BCUT2D eigenvalue weighted by Gasteiger charge is -2.19. The van der Waals surface area contributed by atoms with E-state index in [2.05, 4.69) is 19.1 Å². The molecule has 1 unspecified atom stereocenters. The van der Waals surface area contributed by atoms with Gasteiger partial charge in [-0.3, -0.25) is 0 Å². The van der Waals surface area contributed by atoms with Gasteiger partial charge in [-0.05, 0) is 36.8 Å². The SMILES string of the molecule is Cc1ccccc1C(O)C1CCCC1. The summed E-state index contributed by atoms with van der Waals surface area (Å²) in [5.41, 5.74) is 2.34. The minimum atomic E-state index is -0.237. The lowest BCUT2D eigenvalue weighted by molar-refractivity contribution is 0.111. The second-order valence-electron chi connectivity index (χ2n) is 4.35. The molecule has 0 amide bonds. The first-order valence-electron chi connectivity index (χ1n) is 5.52. The highest BCUT2D eigenvalue weighted by Crippen LogP contribution is 2.36. The molecule has 2 rings (SSSR count). The molecule has 1 heteroatoms. The van der Waals surface area contributed by atoms with Crippen LogP contribution in [0.5, 0.6) is 0 Å². The van der Waals surface area contributed by atoms with Gasteiger partial charge in [0.2, 0.25) is 0 Å². The van der Waals surface area contributed by atoms with Crippen molar-refractivity contribution < 1.29 is 5.11 Å². The van der Waals surface area contributed by atoms with E-state index in [1.807, 2.05) is 12.1 Å². The average Bonchev–Trinajstić information content (AvgIpc) is 2.70. The van der Waals surface area contributed by atoms with Gasteiger partial charge in [-0.15, -0.1) is 0 Å². The van der Waals surface area contributed by atoms with Crippen molar-refractivity contribution in [2.75, 3.05) is 0 Å². The number of rotatable bonds is 2. The fraction of sp³-hybridized carbons (Fsp3) is 0.538. The summed E-state index contributed by atoms with van der Waals surface area (Å²) in [7, 11) is 0. The molecule has 1 N–H and O–H groups in total. The van der Waals surface area contributed by atoms with E-state index in [0.29, 0.717) is 5.92 Å². The number of aliphatic hydroxyl groups is 1. The van der Waals surface area contributed by atoms with Gasteiger partial charge in [-0.2, -0.15) is 0 Å². The van der Waals surface area contributed by atoms with E-state index in [1.165, 1.54) is 31.2 Å². The molecular weight excluding hydrogens is 172 g/mol. The first-order chi connectivity index (χ1) is 6.79. The van der Waals surface area contributed by atoms with Crippen molar-refractivity contribution in [1.29, 1.82) is 0 Å². The summed E-state index contributed by atoms with van der Waals surface area (Å²) in [6, 6.07) is 8.17. The second kappa shape index (κ2) is 4.14. The van der Waals surface area contributed by atoms with Crippen LogP contribution in [0.3, 0.4) is 0 Å². The quantitative estimate of drug-likeness (QED) is 0.759. The molecule has 0 aromatic heterocycles.